The van der Waals surface area contributed by atoms with Gasteiger partial charge in [0.05, 0.1) is 6.04 Å². The Morgan fingerprint density at radius 3 is 2.67 bits per heavy atom. The van der Waals surface area contributed by atoms with Crippen LogP contribution in [0.5, 0.6) is 0 Å². The lowest BCUT2D eigenvalue weighted by Crippen LogP contribution is -2.22. The highest BCUT2D eigenvalue weighted by atomic mass is 28.3. The molecule has 1 nitrogen and oxygen atoms in total. The van der Waals surface area contributed by atoms with E-state index in [-0.39, 0.29) is 0 Å². The Labute approximate surface area is 95.7 Å². The van der Waals surface area contributed by atoms with Gasteiger partial charge in [-0.2, -0.15) is 0 Å². The van der Waals surface area contributed by atoms with Crippen LogP contribution in [0, 0.1) is 0 Å². The lowest BCUT2D eigenvalue weighted by atomic mass is 9.98. The largest absolute Gasteiger partial charge is 0.291 e. The van der Waals surface area contributed by atoms with E-state index in [0.717, 1.165) is 6.42 Å². The lowest BCUT2D eigenvalue weighted by molar-refractivity contribution is 0.563. The summed E-state index contributed by atoms with van der Waals surface area (Å²) in [5.41, 5.74) is 2.77. The van der Waals surface area contributed by atoms with Crippen LogP contribution in [0.2, 0.25) is 25.7 Å². The van der Waals surface area contributed by atoms with Crippen molar-refractivity contribution >= 4 is 13.8 Å². The zero-order chi connectivity index (χ0) is 11.5. The first-order chi connectivity index (χ1) is 6.87. The second kappa shape index (κ2) is 5.11. The summed E-state index contributed by atoms with van der Waals surface area (Å²) in [4.78, 5) is 4.72. The van der Waals surface area contributed by atoms with Crippen LogP contribution in [-0.2, 0) is 0 Å². The summed E-state index contributed by atoms with van der Waals surface area (Å²) in [6, 6.07) is 1.81. The van der Waals surface area contributed by atoms with E-state index < -0.39 is 8.07 Å². The Hall–Kier alpha value is -0.373. The molecule has 0 aliphatic carbocycles. The van der Waals surface area contributed by atoms with Gasteiger partial charge in [0.1, 0.15) is 0 Å². The van der Waals surface area contributed by atoms with Crippen molar-refractivity contribution in [3.8, 4) is 0 Å². The molecule has 1 aliphatic heterocycles. The fraction of sp³-hybridized carbons (Fsp3) is 0.769. The van der Waals surface area contributed by atoms with Gasteiger partial charge in [-0.3, -0.25) is 4.99 Å². The molecule has 0 aromatic carbocycles. The third-order valence-corrected chi connectivity index (χ3v) is 4.34. The molecule has 0 unspecified atom stereocenters. The Morgan fingerprint density at radius 1 is 1.47 bits per heavy atom. The lowest BCUT2D eigenvalue weighted by Gasteiger charge is -2.23. The van der Waals surface area contributed by atoms with E-state index in [1.807, 2.05) is 0 Å². The molecule has 15 heavy (non-hydrogen) atoms. The van der Waals surface area contributed by atoms with Gasteiger partial charge in [0.25, 0.3) is 0 Å². The van der Waals surface area contributed by atoms with Gasteiger partial charge in [-0.1, -0.05) is 25.2 Å². The van der Waals surface area contributed by atoms with Crippen LogP contribution >= 0.6 is 0 Å². The quantitative estimate of drug-likeness (QED) is 0.498. The first-order valence-corrected chi connectivity index (χ1v) is 9.77. The van der Waals surface area contributed by atoms with E-state index in [4.69, 9.17) is 4.99 Å². The number of nitrogens with zero attached hydrogens (tertiary/aromatic N) is 1. The molecule has 2 heteroatoms. The fourth-order valence-electron chi connectivity index (χ4n) is 2.34. The maximum absolute atomic E-state index is 4.72. The normalized spacial score (nSPS) is 22.4. The second-order valence-corrected chi connectivity index (χ2v) is 11.6. The van der Waals surface area contributed by atoms with Crippen molar-refractivity contribution in [1.29, 1.82) is 0 Å². The molecule has 1 rings (SSSR count). The first kappa shape index (κ1) is 12.7. The molecular weight excluding hydrogens is 198 g/mol. The Morgan fingerprint density at radius 2 is 2.13 bits per heavy atom. The highest BCUT2D eigenvalue weighted by molar-refractivity contribution is 6.76. The minimum atomic E-state index is -0.970. The highest BCUT2D eigenvalue weighted by Crippen LogP contribution is 2.24. The Bertz CT molecular complexity index is 260. The van der Waals surface area contributed by atoms with Crippen molar-refractivity contribution < 1.29 is 0 Å². The molecule has 1 atom stereocenters. The summed E-state index contributed by atoms with van der Waals surface area (Å²) in [7, 11) is -0.970. The van der Waals surface area contributed by atoms with Crippen LogP contribution in [0.1, 0.15) is 32.6 Å². The summed E-state index contributed by atoms with van der Waals surface area (Å²) in [5.74, 6) is 0. The molecule has 0 saturated carbocycles. The van der Waals surface area contributed by atoms with Crippen LogP contribution in [0.25, 0.3) is 0 Å². The van der Waals surface area contributed by atoms with Crippen molar-refractivity contribution in [3.05, 3.63) is 12.2 Å². The molecule has 1 heterocycles. The molecule has 0 N–H and O–H groups in total. The van der Waals surface area contributed by atoms with Gasteiger partial charge < -0.3 is 0 Å². The topological polar surface area (TPSA) is 12.4 Å². The maximum atomic E-state index is 4.72. The van der Waals surface area contributed by atoms with Crippen LogP contribution in [0.15, 0.2) is 17.1 Å². The smallest absolute Gasteiger partial charge is 0.0535 e. The zero-order valence-corrected chi connectivity index (χ0v) is 11.8. The molecule has 86 valence electrons. The molecule has 1 aliphatic rings. The van der Waals surface area contributed by atoms with E-state index >= 15 is 0 Å². The standard InChI is InChI=1S/C13H25NSi/c1-11(10-15(3,4)5)9-13-8-6-7-12(2)14-13/h13H,1,6-10H2,2-5H3/t13-/m0/s1. The van der Waals surface area contributed by atoms with Gasteiger partial charge in [-0.25, -0.2) is 0 Å². The predicted octanol–water partition coefficient (Wildman–Crippen LogP) is 4.28. The van der Waals surface area contributed by atoms with Gasteiger partial charge in [0.15, 0.2) is 0 Å². The van der Waals surface area contributed by atoms with Gasteiger partial charge in [0.2, 0.25) is 0 Å². The molecule has 0 fully saturated rings. The van der Waals surface area contributed by atoms with Gasteiger partial charge >= 0.3 is 0 Å². The third-order valence-electron chi connectivity index (χ3n) is 2.78. The summed E-state index contributed by atoms with van der Waals surface area (Å²) in [6.07, 6.45) is 4.92. The molecule has 0 amide bonds. The van der Waals surface area contributed by atoms with Crippen molar-refractivity contribution in [3.63, 3.8) is 0 Å². The van der Waals surface area contributed by atoms with E-state index in [1.165, 1.54) is 36.6 Å². The van der Waals surface area contributed by atoms with Crippen LogP contribution in [-0.4, -0.2) is 19.8 Å². The van der Waals surface area contributed by atoms with E-state index in [1.54, 1.807) is 0 Å². The summed E-state index contributed by atoms with van der Waals surface area (Å²) >= 11 is 0. The average Bonchev–Trinajstić information content (AvgIpc) is 1.99. The summed E-state index contributed by atoms with van der Waals surface area (Å²) in [6.45, 7) is 13.6. The molecular formula is C13H25NSi. The van der Waals surface area contributed by atoms with E-state index in [0.29, 0.717) is 6.04 Å². The molecule has 0 aromatic heterocycles. The van der Waals surface area contributed by atoms with Gasteiger partial charge in [0, 0.05) is 13.8 Å². The number of aliphatic imine (C=N–C) groups is 1. The summed E-state index contributed by atoms with van der Waals surface area (Å²) < 4.78 is 0. The molecule has 0 saturated heterocycles. The number of rotatable bonds is 4. The maximum Gasteiger partial charge on any atom is 0.0535 e. The average molecular weight is 223 g/mol. The minimum absolute atomic E-state index is 0.544. The zero-order valence-electron chi connectivity index (χ0n) is 10.8. The predicted molar refractivity (Wildman–Crippen MR) is 72.7 cm³/mol. The highest BCUT2D eigenvalue weighted by Gasteiger charge is 2.18. The second-order valence-electron chi connectivity index (χ2n) is 6.10. The van der Waals surface area contributed by atoms with Gasteiger partial charge in [-0.05, 0) is 38.7 Å². The molecule has 0 radical (unpaired) electrons. The van der Waals surface area contributed by atoms with E-state index in [9.17, 15) is 0 Å². The van der Waals surface area contributed by atoms with Crippen molar-refractivity contribution in [2.24, 2.45) is 4.99 Å². The molecule has 0 aromatic rings. The van der Waals surface area contributed by atoms with E-state index in [2.05, 4.69) is 33.1 Å². The van der Waals surface area contributed by atoms with Crippen molar-refractivity contribution in [2.45, 2.75) is 64.3 Å². The van der Waals surface area contributed by atoms with Crippen LogP contribution < -0.4 is 0 Å². The molecule has 0 bridgehead atoms. The third kappa shape index (κ3) is 5.31. The number of hydrogen-bond acceptors (Lipinski definition) is 1. The Kier molecular flexibility index (Phi) is 4.32. The SMILES string of the molecule is C=C(C[C@@H]1CCCC(C)=N1)C[Si](C)(C)C. The summed E-state index contributed by atoms with van der Waals surface area (Å²) in [5, 5.41) is 0. The first-order valence-electron chi connectivity index (χ1n) is 6.07. The van der Waals surface area contributed by atoms with Crippen molar-refractivity contribution in [1.82, 2.24) is 0 Å². The number of hydrogen-bond donors (Lipinski definition) is 0. The van der Waals surface area contributed by atoms with Crippen molar-refractivity contribution in [2.75, 3.05) is 0 Å². The van der Waals surface area contributed by atoms with Crippen LogP contribution in [0.3, 0.4) is 0 Å². The van der Waals surface area contributed by atoms with Gasteiger partial charge in [-0.15, -0.1) is 6.58 Å². The van der Waals surface area contributed by atoms with Crippen LogP contribution in [0.4, 0.5) is 0 Å². The monoisotopic (exact) mass is 223 g/mol. The molecule has 0 spiro atoms. The fourth-order valence-corrected chi connectivity index (χ4v) is 3.98. The Balaban J connectivity index is 2.41. The minimum Gasteiger partial charge on any atom is -0.291 e.